The first-order valence-electron chi connectivity index (χ1n) is 11.5. The Balaban J connectivity index is 1.13. The molecule has 0 saturated heterocycles. The highest BCUT2D eigenvalue weighted by Gasteiger charge is 2.67. The van der Waals surface area contributed by atoms with E-state index in [1.807, 2.05) is 60.7 Å². The van der Waals surface area contributed by atoms with Gasteiger partial charge in [0, 0.05) is 34.6 Å². The monoisotopic (exact) mass is 442 g/mol. The number of hydrogen-bond donors (Lipinski definition) is 4. The number of carbonyl (C=O) groups is 2. The first kappa shape index (κ1) is 20.0. The molecule has 4 amide bonds. The fourth-order valence-electron chi connectivity index (χ4n) is 6.77. The number of anilines is 2. The third-order valence-electron chi connectivity index (χ3n) is 7.83. The largest absolute Gasteiger partial charge is 0.339 e. The standard InChI is InChI=1S/C25H26N6O2/c32-24(26-14-7-3-1-4-8-14)30-28-20-12-16-17-13-21(23-19(17)11-18(16)22(20)23)29-31-25(33)27-15-9-5-2-6-10-15/h1-10,16-19,22-23H,11-13H2,(H2,26,30,32)(H2,27,31,33)/b28-20+,29-21+/t16-,17+,18-,19+,22-,23+. The van der Waals surface area contributed by atoms with Crippen LogP contribution in [-0.4, -0.2) is 23.5 Å². The molecule has 2 aromatic rings. The molecule has 33 heavy (non-hydrogen) atoms. The molecule has 4 aliphatic carbocycles. The molecule has 168 valence electrons. The van der Waals surface area contributed by atoms with Gasteiger partial charge in [0.15, 0.2) is 0 Å². The Labute approximate surface area is 191 Å². The summed E-state index contributed by atoms with van der Waals surface area (Å²) in [7, 11) is 0. The first-order chi connectivity index (χ1) is 16.2. The lowest BCUT2D eigenvalue weighted by molar-refractivity contribution is 0.241. The quantitative estimate of drug-likeness (QED) is 0.531. The van der Waals surface area contributed by atoms with Gasteiger partial charge in [-0.2, -0.15) is 10.2 Å². The van der Waals surface area contributed by atoms with Gasteiger partial charge in [-0.25, -0.2) is 20.4 Å². The molecular weight excluding hydrogens is 416 g/mol. The van der Waals surface area contributed by atoms with E-state index in [-0.39, 0.29) is 12.1 Å². The molecule has 8 heteroatoms. The predicted molar refractivity (Wildman–Crippen MR) is 127 cm³/mol. The number of carbonyl (C=O) groups excluding carboxylic acids is 2. The average molecular weight is 443 g/mol. The molecule has 0 spiro atoms. The van der Waals surface area contributed by atoms with E-state index < -0.39 is 0 Å². The Kier molecular flexibility index (Phi) is 4.86. The molecular formula is C25H26N6O2. The fraction of sp³-hybridized carbons (Fsp3) is 0.360. The number of hydrazone groups is 2. The summed E-state index contributed by atoms with van der Waals surface area (Å²) in [5.41, 5.74) is 9.00. The van der Waals surface area contributed by atoms with Crippen molar-refractivity contribution < 1.29 is 9.59 Å². The molecule has 0 aromatic heterocycles. The highest BCUT2D eigenvalue weighted by Crippen LogP contribution is 2.68. The summed E-state index contributed by atoms with van der Waals surface area (Å²) in [6.07, 6.45) is 3.11. The number of rotatable bonds is 4. The third-order valence-corrected chi connectivity index (χ3v) is 7.83. The number of urea groups is 2. The lowest BCUT2D eigenvalue weighted by Crippen LogP contribution is -2.31. The molecule has 2 aromatic carbocycles. The molecule has 4 N–H and O–H groups in total. The molecule has 0 unspecified atom stereocenters. The van der Waals surface area contributed by atoms with Crippen LogP contribution in [0.5, 0.6) is 0 Å². The van der Waals surface area contributed by atoms with Gasteiger partial charge < -0.3 is 10.6 Å². The normalized spacial score (nSPS) is 32.8. The summed E-state index contributed by atoms with van der Waals surface area (Å²) in [5, 5.41) is 14.7. The summed E-state index contributed by atoms with van der Waals surface area (Å²) in [4.78, 5) is 24.6. The van der Waals surface area contributed by atoms with Crippen LogP contribution in [0.1, 0.15) is 19.3 Å². The van der Waals surface area contributed by atoms with Gasteiger partial charge in [-0.1, -0.05) is 36.4 Å². The van der Waals surface area contributed by atoms with Crippen molar-refractivity contribution in [3.05, 3.63) is 60.7 Å². The number of amides is 4. The summed E-state index contributed by atoms with van der Waals surface area (Å²) < 4.78 is 0. The maximum absolute atomic E-state index is 12.3. The number of hydrogen-bond acceptors (Lipinski definition) is 4. The van der Waals surface area contributed by atoms with Crippen molar-refractivity contribution in [2.24, 2.45) is 45.7 Å². The first-order valence-corrected chi connectivity index (χ1v) is 11.5. The highest BCUT2D eigenvalue weighted by molar-refractivity contribution is 6.02. The van der Waals surface area contributed by atoms with Crippen LogP contribution in [0.2, 0.25) is 0 Å². The van der Waals surface area contributed by atoms with E-state index in [9.17, 15) is 9.59 Å². The van der Waals surface area contributed by atoms with Gasteiger partial charge in [0.1, 0.15) is 0 Å². The molecule has 4 saturated carbocycles. The molecule has 0 aliphatic heterocycles. The zero-order valence-corrected chi connectivity index (χ0v) is 18.1. The van der Waals surface area contributed by atoms with Gasteiger partial charge in [-0.3, -0.25) is 0 Å². The van der Waals surface area contributed by atoms with Crippen LogP contribution in [0, 0.1) is 35.5 Å². The van der Waals surface area contributed by atoms with Crippen LogP contribution in [0.25, 0.3) is 0 Å². The van der Waals surface area contributed by atoms with Crippen molar-refractivity contribution in [2.75, 3.05) is 10.6 Å². The van der Waals surface area contributed by atoms with E-state index in [0.29, 0.717) is 35.5 Å². The Morgan fingerprint density at radius 2 is 1.06 bits per heavy atom. The molecule has 6 rings (SSSR count). The summed E-state index contributed by atoms with van der Waals surface area (Å²) in [6.45, 7) is 0. The van der Waals surface area contributed by atoms with Crippen LogP contribution >= 0.6 is 0 Å². The minimum Gasteiger partial charge on any atom is -0.307 e. The lowest BCUT2D eigenvalue weighted by Gasteiger charge is -2.24. The fourth-order valence-corrected chi connectivity index (χ4v) is 6.77. The predicted octanol–water partition coefficient (Wildman–Crippen LogP) is 4.26. The number of nitrogens with one attached hydrogen (secondary N) is 4. The molecule has 0 radical (unpaired) electrons. The van der Waals surface area contributed by atoms with Crippen molar-refractivity contribution in [3.8, 4) is 0 Å². The van der Waals surface area contributed by atoms with Gasteiger partial charge >= 0.3 is 12.1 Å². The zero-order valence-electron chi connectivity index (χ0n) is 18.1. The number of para-hydroxylation sites is 2. The second kappa shape index (κ2) is 8.03. The third kappa shape index (κ3) is 3.55. The van der Waals surface area contributed by atoms with Crippen LogP contribution in [-0.2, 0) is 0 Å². The lowest BCUT2D eigenvalue weighted by atomic mass is 9.79. The van der Waals surface area contributed by atoms with Crippen LogP contribution < -0.4 is 21.5 Å². The molecule has 0 heterocycles. The van der Waals surface area contributed by atoms with Crippen molar-refractivity contribution >= 4 is 34.9 Å². The zero-order chi connectivity index (χ0) is 22.4. The van der Waals surface area contributed by atoms with Gasteiger partial charge in [-0.05, 0) is 67.2 Å². The minimum atomic E-state index is -0.333. The van der Waals surface area contributed by atoms with Crippen molar-refractivity contribution in [1.82, 2.24) is 10.9 Å². The van der Waals surface area contributed by atoms with E-state index in [1.165, 1.54) is 6.42 Å². The second-order valence-corrected chi connectivity index (χ2v) is 9.42. The van der Waals surface area contributed by atoms with Crippen LogP contribution in [0.3, 0.4) is 0 Å². The van der Waals surface area contributed by atoms with Gasteiger partial charge in [-0.15, -0.1) is 0 Å². The Bertz CT molecular complexity index is 1040. The van der Waals surface area contributed by atoms with E-state index in [4.69, 9.17) is 0 Å². The number of nitrogens with zero attached hydrogens (tertiary/aromatic N) is 2. The average Bonchev–Trinajstić information content (AvgIpc) is 3.49. The van der Waals surface area contributed by atoms with Gasteiger partial charge in [0.05, 0.1) is 0 Å². The van der Waals surface area contributed by atoms with E-state index >= 15 is 0 Å². The summed E-state index contributed by atoms with van der Waals surface area (Å²) >= 11 is 0. The van der Waals surface area contributed by atoms with Crippen molar-refractivity contribution in [3.63, 3.8) is 0 Å². The second-order valence-electron chi connectivity index (χ2n) is 9.42. The summed E-state index contributed by atoms with van der Waals surface area (Å²) in [5.74, 6) is 3.09. The molecule has 2 bridgehead atoms. The van der Waals surface area contributed by atoms with Crippen LogP contribution in [0.4, 0.5) is 21.0 Å². The molecule has 8 nitrogen and oxygen atoms in total. The highest BCUT2D eigenvalue weighted by atomic mass is 16.2. The topological polar surface area (TPSA) is 107 Å². The molecule has 4 aliphatic rings. The number of fused-ring (bicyclic) bond motifs is 2. The summed E-state index contributed by atoms with van der Waals surface area (Å²) in [6, 6.07) is 18.0. The van der Waals surface area contributed by atoms with Crippen molar-refractivity contribution in [2.45, 2.75) is 19.3 Å². The molecule has 4 fully saturated rings. The van der Waals surface area contributed by atoms with Gasteiger partial charge in [0.2, 0.25) is 0 Å². The Morgan fingerprint density at radius 1 is 0.636 bits per heavy atom. The maximum atomic E-state index is 12.3. The smallest absolute Gasteiger partial charge is 0.307 e. The Hall–Kier alpha value is -3.68. The number of benzene rings is 2. The Morgan fingerprint density at radius 3 is 1.48 bits per heavy atom. The van der Waals surface area contributed by atoms with E-state index in [1.54, 1.807) is 0 Å². The van der Waals surface area contributed by atoms with E-state index in [2.05, 4.69) is 31.7 Å². The molecule has 6 atom stereocenters. The SMILES string of the molecule is O=C(N/N=C1\C[C@H]2[C@H]3C/C(=N\NC(=O)Nc4ccccc4)[C@H]4[C@@H]3C[C@@H]2[C@@H]14)Nc1ccccc1. The van der Waals surface area contributed by atoms with Crippen molar-refractivity contribution in [1.29, 1.82) is 0 Å². The minimum absolute atomic E-state index is 0.313. The van der Waals surface area contributed by atoms with Crippen LogP contribution in [0.15, 0.2) is 70.9 Å². The maximum Gasteiger partial charge on any atom is 0.339 e. The van der Waals surface area contributed by atoms with Gasteiger partial charge in [0.25, 0.3) is 0 Å². The van der Waals surface area contributed by atoms with E-state index in [0.717, 1.165) is 35.6 Å².